The number of halogens is 1. The number of nitrogens with zero attached hydrogens (tertiary/aromatic N) is 1. The molecule has 2 fully saturated rings. The van der Waals surface area contributed by atoms with E-state index in [1.54, 1.807) is 13.2 Å². The number of rotatable bonds is 2. The molecule has 0 bridgehead atoms. The van der Waals surface area contributed by atoms with Crippen molar-refractivity contribution in [1.29, 1.82) is 0 Å². The zero-order valence-electron chi connectivity index (χ0n) is 11.9. The fourth-order valence-electron chi connectivity index (χ4n) is 2.80. The molecule has 2 aliphatic heterocycles. The second-order valence-electron chi connectivity index (χ2n) is 5.25. The van der Waals surface area contributed by atoms with Crippen LogP contribution in [-0.4, -0.2) is 50.0 Å². The molecule has 0 N–H and O–H groups in total. The molecule has 0 atom stereocenters. The van der Waals surface area contributed by atoms with Crippen molar-refractivity contribution in [3.8, 4) is 5.75 Å². The summed E-state index contributed by atoms with van der Waals surface area (Å²) in [6, 6.07) is 5.42. The van der Waals surface area contributed by atoms with E-state index in [-0.39, 0.29) is 5.91 Å². The second kappa shape index (κ2) is 5.94. The molecule has 0 unspecified atom stereocenters. The van der Waals surface area contributed by atoms with Gasteiger partial charge in [0.2, 0.25) is 0 Å². The van der Waals surface area contributed by atoms with Gasteiger partial charge in [0, 0.05) is 30.4 Å². The molecule has 114 valence electrons. The van der Waals surface area contributed by atoms with Crippen LogP contribution in [0.5, 0.6) is 5.75 Å². The van der Waals surface area contributed by atoms with Crippen LogP contribution in [0.3, 0.4) is 0 Å². The van der Waals surface area contributed by atoms with Gasteiger partial charge in [0.1, 0.15) is 5.75 Å². The molecule has 2 aliphatic rings. The maximum absolute atomic E-state index is 12.7. The summed E-state index contributed by atoms with van der Waals surface area (Å²) in [5, 5.41) is 0. The van der Waals surface area contributed by atoms with E-state index in [4.69, 9.17) is 14.2 Å². The number of hydrogen-bond acceptors (Lipinski definition) is 4. The van der Waals surface area contributed by atoms with Crippen molar-refractivity contribution < 1.29 is 19.0 Å². The van der Waals surface area contributed by atoms with E-state index in [0.717, 1.165) is 17.3 Å². The fraction of sp³-hybridized carbons (Fsp3) is 0.533. The van der Waals surface area contributed by atoms with Gasteiger partial charge in [-0.25, -0.2) is 0 Å². The molecule has 0 saturated carbocycles. The third kappa shape index (κ3) is 2.93. The molecule has 3 rings (SSSR count). The Balaban J connectivity index is 1.72. The molecular weight excluding hydrogens is 338 g/mol. The third-order valence-electron chi connectivity index (χ3n) is 4.03. The topological polar surface area (TPSA) is 48.0 Å². The van der Waals surface area contributed by atoms with Crippen molar-refractivity contribution in [1.82, 2.24) is 4.90 Å². The van der Waals surface area contributed by atoms with Crippen molar-refractivity contribution in [3.63, 3.8) is 0 Å². The highest BCUT2D eigenvalue weighted by molar-refractivity contribution is 9.10. The van der Waals surface area contributed by atoms with Gasteiger partial charge in [-0.2, -0.15) is 0 Å². The minimum atomic E-state index is -0.456. The third-order valence-corrected chi connectivity index (χ3v) is 4.72. The molecule has 1 aromatic carbocycles. The number of carbonyl (C=O) groups is 1. The van der Waals surface area contributed by atoms with Crippen LogP contribution in [0.1, 0.15) is 23.2 Å². The van der Waals surface area contributed by atoms with E-state index in [1.807, 2.05) is 17.0 Å². The van der Waals surface area contributed by atoms with Crippen molar-refractivity contribution in [2.75, 3.05) is 33.4 Å². The van der Waals surface area contributed by atoms with Crippen molar-refractivity contribution in [3.05, 3.63) is 28.2 Å². The highest BCUT2D eigenvalue weighted by Gasteiger charge is 2.41. The Kier molecular flexibility index (Phi) is 4.19. The van der Waals surface area contributed by atoms with Crippen LogP contribution in [-0.2, 0) is 9.47 Å². The molecule has 0 aliphatic carbocycles. The number of piperidine rings is 1. The predicted octanol–water partition coefficient (Wildman–Crippen LogP) is 2.44. The lowest BCUT2D eigenvalue weighted by atomic mass is 10.0. The largest absolute Gasteiger partial charge is 0.497 e. The first-order valence-corrected chi connectivity index (χ1v) is 7.84. The molecule has 1 amide bonds. The molecule has 0 aromatic heterocycles. The van der Waals surface area contributed by atoms with Gasteiger partial charge in [-0.15, -0.1) is 0 Å². The maximum atomic E-state index is 12.7. The number of methoxy groups -OCH3 is 1. The van der Waals surface area contributed by atoms with Crippen molar-refractivity contribution >= 4 is 21.8 Å². The van der Waals surface area contributed by atoms with E-state index >= 15 is 0 Å². The van der Waals surface area contributed by atoms with Gasteiger partial charge in [-0.05, 0) is 34.1 Å². The van der Waals surface area contributed by atoms with Gasteiger partial charge in [0.15, 0.2) is 5.79 Å². The molecule has 0 radical (unpaired) electrons. The average molecular weight is 356 g/mol. The lowest BCUT2D eigenvalue weighted by molar-refractivity contribution is -0.181. The molecule has 2 saturated heterocycles. The molecule has 6 heteroatoms. The van der Waals surface area contributed by atoms with Gasteiger partial charge >= 0.3 is 0 Å². The normalized spacial score (nSPS) is 20.8. The molecule has 1 spiro atoms. The first kappa shape index (κ1) is 14.8. The lowest BCUT2D eigenvalue weighted by Gasteiger charge is -2.37. The van der Waals surface area contributed by atoms with Gasteiger partial charge in [0.05, 0.1) is 25.9 Å². The van der Waals surface area contributed by atoms with E-state index in [1.165, 1.54) is 0 Å². The molecule has 1 aromatic rings. The van der Waals surface area contributed by atoms with Crippen LogP contribution in [0.2, 0.25) is 0 Å². The lowest BCUT2D eigenvalue weighted by Crippen LogP contribution is -2.47. The van der Waals surface area contributed by atoms with Gasteiger partial charge in [-0.3, -0.25) is 4.79 Å². The van der Waals surface area contributed by atoms with Crippen LogP contribution in [0, 0.1) is 0 Å². The number of likely N-dealkylation sites (tertiary alicyclic amines) is 1. The summed E-state index contributed by atoms with van der Waals surface area (Å²) in [6.07, 6.45) is 1.45. The summed E-state index contributed by atoms with van der Waals surface area (Å²) >= 11 is 3.43. The number of amides is 1. The summed E-state index contributed by atoms with van der Waals surface area (Å²) < 4.78 is 17.3. The molecule has 5 nitrogen and oxygen atoms in total. The van der Waals surface area contributed by atoms with Crippen LogP contribution in [0.25, 0.3) is 0 Å². The zero-order chi connectivity index (χ0) is 14.9. The smallest absolute Gasteiger partial charge is 0.255 e. The standard InChI is InChI=1S/C15H18BrNO4/c1-19-11-2-3-13(16)12(10-11)14(18)17-6-4-15(5-7-17)20-8-9-21-15/h2-3,10H,4-9H2,1H3. The second-order valence-corrected chi connectivity index (χ2v) is 6.10. The number of benzene rings is 1. The summed E-state index contributed by atoms with van der Waals surface area (Å²) in [5.41, 5.74) is 0.624. The average Bonchev–Trinajstić information content (AvgIpc) is 2.96. The highest BCUT2D eigenvalue weighted by atomic mass is 79.9. The quantitative estimate of drug-likeness (QED) is 0.817. The van der Waals surface area contributed by atoms with E-state index < -0.39 is 5.79 Å². The van der Waals surface area contributed by atoms with E-state index in [2.05, 4.69) is 15.9 Å². The van der Waals surface area contributed by atoms with Crippen LogP contribution in [0.4, 0.5) is 0 Å². The summed E-state index contributed by atoms with van der Waals surface area (Å²) in [5.74, 6) is 0.230. The van der Waals surface area contributed by atoms with E-state index in [0.29, 0.717) is 37.6 Å². The Hall–Kier alpha value is -1.11. The monoisotopic (exact) mass is 355 g/mol. The minimum Gasteiger partial charge on any atom is -0.497 e. The molecule has 2 heterocycles. The van der Waals surface area contributed by atoms with Crippen LogP contribution in [0.15, 0.2) is 22.7 Å². The Labute approximate surface area is 132 Å². The Morgan fingerprint density at radius 3 is 2.57 bits per heavy atom. The summed E-state index contributed by atoms with van der Waals surface area (Å²) in [7, 11) is 1.59. The van der Waals surface area contributed by atoms with Crippen LogP contribution >= 0.6 is 15.9 Å². The Morgan fingerprint density at radius 1 is 1.29 bits per heavy atom. The van der Waals surface area contributed by atoms with E-state index in [9.17, 15) is 4.79 Å². The van der Waals surface area contributed by atoms with Crippen molar-refractivity contribution in [2.45, 2.75) is 18.6 Å². The highest BCUT2D eigenvalue weighted by Crippen LogP contribution is 2.32. The summed E-state index contributed by atoms with van der Waals surface area (Å²) in [4.78, 5) is 14.5. The summed E-state index contributed by atoms with van der Waals surface area (Å²) in [6.45, 7) is 2.58. The fourth-order valence-corrected chi connectivity index (χ4v) is 3.22. The molecular formula is C15H18BrNO4. The Morgan fingerprint density at radius 2 is 1.95 bits per heavy atom. The predicted molar refractivity (Wildman–Crippen MR) is 80.5 cm³/mol. The Bertz CT molecular complexity index is 532. The zero-order valence-corrected chi connectivity index (χ0v) is 13.5. The van der Waals surface area contributed by atoms with Gasteiger partial charge < -0.3 is 19.1 Å². The van der Waals surface area contributed by atoms with Crippen LogP contribution < -0.4 is 4.74 Å². The maximum Gasteiger partial charge on any atom is 0.255 e. The first-order valence-electron chi connectivity index (χ1n) is 7.04. The van der Waals surface area contributed by atoms with Gasteiger partial charge in [0.25, 0.3) is 5.91 Å². The first-order chi connectivity index (χ1) is 10.1. The number of carbonyl (C=O) groups excluding carboxylic acids is 1. The number of ether oxygens (including phenoxy) is 3. The SMILES string of the molecule is COc1ccc(Br)c(C(=O)N2CCC3(CC2)OCCO3)c1. The minimum absolute atomic E-state index is 0.00798. The van der Waals surface area contributed by atoms with Gasteiger partial charge in [-0.1, -0.05) is 0 Å². The number of hydrogen-bond donors (Lipinski definition) is 0. The van der Waals surface area contributed by atoms with Crippen molar-refractivity contribution in [2.24, 2.45) is 0 Å². The molecule has 21 heavy (non-hydrogen) atoms.